The van der Waals surface area contributed by atoms with Gasteiger partial charge in [-0.3, -0.25) is 10.1 Å². The second-order valence-corrected chi connectivity index (χ2v) is 7.18. The zero-order valence-corrected chi connectivity index (χ0v) is 13.6. The van der Waals surface area contributed by atoms with E-state index in [2.05, 4.69) is 12.2 Å². The smallest absolute Gasteiger partial charge is 0.323 e. The maximum atomic E-state index is 11.4. The van der Waals surface area contributed by atoms with Crippen molar-refractivity contribution in [1.82, 2.24) is 5.32 Å². The van der Waals surface area contributed by atoms with Crippen molar-refractivity contribution in [2.24, 2.45) is 5.92 Å². The number of carboxylic acid groups (broad SMARTS) is 1. The number of unbranched alkanes of at least 4 members (excludes halogenated alkanes) is 1. The Morgan fingerprint density at radius 3 is 2.57 bits per heavy atom. The summed E-state index contributed by atoms with van der Waals surface area (Å²) in [7, 11) is 0. The first kappa shape index (κ1) is 16.8. The van der Waals surface area contributed by atoms with Gasteiger partial charge in [-0.2, -0.15) is 0 Å². The lowest BCUT2D eigenvalue weighted by Gasteiger charge is -2.29. The van der Waals surface area contributed by atoms with Gasteiger partial charge in [-0.1, -0.05) is 19.8 Å². The van der Waals surface area contributed by atoms with Gasteiger partial charge in [0, 0.05) is 12.6 Å². The molecule has 0 bridgehead atoms. The predicted octanol–water partition coefficient (Wildman–Crippen LogP) is 3.35. The molecule has 2 fully saturated rings. The van der Waals surface area contributed by atoms with Crippen LogP contribution in [0.5, 0.6) is 0 Å². The third kappa shape index (κ3) is 5.26. The van der Waals surface area contributed by atoms with Crippen LogP contribution in [0.4, 0.5) is 0 Å². The maximum Gasteiger partial charge on any atom is 0.323 e. The van der Waals surface area contributed by atoms with Crippen molar-refractivity contribution in [2.45, 2.75) is 89.3 Å². The molecule has 122 valence electrons. The summed E-state index contributed by atoms with van der Waals surface area (Å²) in [6.45, 7) is 4.87. The van der Waals surface area contributed by atoms with Crippen LogP contribution in [0.3, 0.4) is 0 Å². The Kier molecular flexibility index (Phi) is 6.06. The van der Waals surface area contributed by atoms with Crippen molar-refractivity contribution in [1.29, 1.82) is 0 Å². The molecule has 4 nitrogen and oxygen atoms in total. The SMILES string of the molecule is CC1CCCCC1OCCCCC(C)(NC1CC1)C(=O)O. The molecule has 0 aromatic rings. The number of carboxylic acids is 1. The second kappa shape index (κ2) is 7.59. The van der Waals surface area contributed by atoms with Crippen LogP contribution >= 0.6 is 0 Å². The Hall–Kier alpha value is -0.610. The summed E-state index contributed by atoms with van der Waals surface area (Å²) in [6, 6.07) is 0.422. The molecular weight excluding hydrogens is 266 g/mol. The number of carbonyl (C=O) groups is 1. The third-order valence-electron chi connectivity index (χ3n) is 5.01. The van der Waals surface area contributed by atoms with Crippen molar-refractivity contribution < 1.29 is 14.6 Å². The van der Waals surface area contributed by atoms with E-state index < -0.39 is 11.5 Å². The molecule has 3 unspecified atom stereocenters. The maximum absolute atomic E-state index is 11.4. The van der Waals surface area contributed by atoms with E-state index in [0.717, 1.165) is 32.3 Å². The minimum atomic E-state index is -0.765. The Morgan fingerprint density at radius 2 is 1.95 bits per heavy atom. The molecular formula is C17H31NO3. The van der Waals surface area contributed by atoms with Crippen LogP contribution < -0.4 is 5.32 Å². The van der Waals surface area contributed by atoms with Crippen molar-refractivity contribution in [3.05, 3.63) is 0 Å². The molecule has 2 saturated carbocycles. The lowest BCUT2D eigenvalue weighted by molar-refractivity contribution is -0.144. The van der Waals surface area contributed by atoms with Crippen LogP contribution in [0.25, 0.3) is 0 Å². The molecule has 0 radical (unpaired) electrons. The number of hydrogen-bond donors (Lipinski definition) is 2. The average Bonchev–Trinajstić information content (AvgIpc) is 3.24. The molecule has 0 amide bonds. The summed E-state index contributed by atoms with van der Waals surface area (Å²) >= 11 is 0. The number of aliphatic carboxylic acids is 1. The molecule has 0 aliphatic heterocycles. The molecule has 3 atom stereocenters. The molecule has 2 aliphatic rings. The largest absolute Gasteiger partial charge is 0.480 e. The molecule has 2 rings (SSSR count). The summed E-state index contributed by atoms with van der Waals surface area (Å²) in [4.78, 5) is 11.4. The normalized spacial score (nSPS) is 29.0. The van der Waals surface area contributed by atoms with Gasteiger partial charge in [0.15, 0.2) is 0 Å². The van der Waals surface area contributed by atoms with Crippen LogP contribution in [0.2, 0.25) is 0 Å². The minimum Gasteiger partial charge on any atom is -0.480 e. The van der Waals surface area contributed by atoms with Crippen molar-refractivity contribution >= 4 is 5.97 Å². The van der Waals surface area contributed by atoms with Crippen LogP contribution in [-0.2, 0) is 9.53 Å². The molecule has 0 spiro atoms. The molecule has 0 aromatic carbocycles. The van der Waals surface area contributed by atoms with Gasteiger partial charge >= 0.3 is 5.97 Å². The van der Waals surface area contributed by atoms with Gasteiger partial charge in [-0.15, -0.1) is 0 Å². The molecule has 4 heteroatoms. The molecule has 2 N–H and O–H groups in total. The van der Waals surface area contributed by atoms with E-state index in [4.69, 9.17) is 4.74 Å². The number of hydrogen-bond acceptors (Lipinski definition) is 3. The van der Waals surface area contributed by atoms with Crippen molar-refractivity contribution in [3.63, 3.8) is 0 Å². The summed E-state index contributed by atoms with van der Waals surface area (Å²) in [5.74, 6) is -0.0456. The summed E-state index contributed by atoms with van der Waals surface area (Å²) in [5.41, 5.74) is -0.765. The van der Waals surface area contributed by atoms with Gasteiger partial charge in [-0.25, -0.2) is 0 Å². The summed E-state index contributed by atoms with van der Waals surface area (Å²) < 4.78 is 6.00. The lowest BCUT2D eigenvalue weighted by atomic mass is 9.88. The Labute approximate surface area is 128 Å². The molecule has 0 heterocycles. The van der Waals surface area contributed by atoms with Crippen molar-refractivity contribution in [2.75, 3.05) is 6.61 Å². The van der Waals surface area contributed by atoms with Crippen LogP contribution in [0, 0.1) is 5.92 Å². The standard InChI is InChI=1S/C17H31NO3/c1-13-7-3-4-8-15(13)21-12-6-5-11-17(2,16(19)20)18-14-9-10-14/h13-15,18H,3-12H2,1-2H3,(H,19,20). The molecule has 0 aromatic heterocycles. The van der Waals surface area contributed by atoms with E-state index in [1.54, 1.807) is 0 Å². The Bertz CT molecular complexity index is 343. The van der Waals surface area contributed by atoms with Gasteiger partial charge < -0.3 is 9.84 Å². The van der Waals surface area contributed by atoms with E-state index in [9.17, 15) is 9.90 Å². The van der Waals surface area contributed by atoms with Gasteiger partial charge in [0.05, 0.1) is 6.10 Å². The van der Waals surface area contributed by atoms with E-state index in [1.165, 1.54) is 25.7 Å². The van der Waals surface area contributed by atoms with E-state index >= 15 is 0 Å². The zero-order chi connectivity index (χ0) is 15.3. The molecule has 21 heavy (non-hydrogen) atoms. The predicted molar refractivity (Wildman–Crippen MR) is 83.4 cm³/mol. The van der Waals surface area contributed by atoms with Crippen LogP contribution in [0.1, 0.15) is 71.6 Å². The second-order valence-electron chi connectivity index (χ2n) is 7.18. The Morgan fingerprint density at radius 1 is 1.24 bits per heavy atom. The first-order chi connectivity index (χ1) is 10.0. The third-order valence-corrected chi connectivity index (χ3v) is 5.01. The fraction of sp³-hybridized carbons (Fsp3) is 0.941. The van der Waals surface area contributed by atoms with Gasteiger partial charge in [0.25, 0.3) is 0 Å². The first-order valence-electron chi connectivity index (χ1n) is 8.64. The summed E-state index contributed by atoms with van der Waals surface area (Å²) in [6.07, 6.45) is 10.3. The number of ether oxygens (including phenoxy) is 1. The monoisotopic (exact) mass is 297 g/mol. The fourth-order valence-electron chi connectivity index (χ4n) is 3.26. The van der Waals surface area contributed by atoms with Crippen molar-refractivity contribution in [3.8, 4) is 0 Å². The number of rotatable bonds is 9. The van der Waals surface area contributed by atoms with E-state index in [-0.39, 0.29) is 0 Å². The topological polar surface area (TPSA) is 58.6 Å². The zero-order valence-electron chi connectivity index (χ0n) is 13.6. The van der Waals surface area contributed by atoms with E-state index in [0.29, 0.717) is 24.5 Å². The highest BCUT2D eigenvalue weighted by molar-refractivity contribution is 5.78. The molecule has 0 saturated heterocycles. The van der Waals surface area contributed by atoms with Gasteiger partial charge in [-0.05, 0) is 57.8 Å². The first-order valence-corrected chi connectivity index (χ1v) is 8.64. The Balaban J connectivity index is 1.62. The lowest BCUT2D eigenvalue weighted by Crippen LogP contribution is -2.50. The highest BCUT2D eigenvalue weighted by Gasteiger charge is 2.37. The van der Waals surface area contributed by atoms with Crippen LogP contribution in [-0.4, -0.2) is 35.4 Å². The average molecular weight is 297 g/mol. The minimum absolute atomic E-state index is 0.422. The van der Waals surface area contributed by atoms with Gasteiger partial charge in [0.1, 0.15) is 5.54 Å². The highest BCUT2D eigenvalue weighted by Crippen LogP contribution is 2.27. The molecule has 2 aliphatic carbocycles. The summed E-state index contributed by atoms with van der Waals surface area (Å²) in [5, 5.41) is 12.7. The quantitative estimate of drug-likeness (QED) is 0.641. The van der Waals surface area contributed by atoms with Gasteiger partial charge in [0.2, 0.25) is 0 Å². The number of nitrogens with one attached hydrogen (secondary N) is 1. The van der Waals surface area contributed by atoms with Crippen LogP contribution in [0.15, 0.2) is 0 Å². The fourth-order valence-corrected chi connectivity index (χ4v) is 3.26. The van der Waals surface area contributed by atoms with E-state index in [1.807, 2.05) is 6.92 Å². The highest BCUT2D eigenvalue weighted by atomic mass is 16.5.